The SMILES string of the molecule is CC/C=C\C/C=C\C/C=C\C/C=C\CCCCC(=O)OCC(COP(=O)(O)OCC(O)COP(=O)(O)OCC(COC(=O)CCCCCCC/C=C\CCCCCC)OC(=O)CCCCCCC/C=C\CCCCCC)OC(=O)CCCCCCC/C=C\C/C=C\CCC. The Labute approximate surface area is 569 Å². The van der Waals surface area contributed by atoms with Crippen LogP contribution in [0.3, 0.4) is 0 Å². The van der Waals surface area contributed by atoms with Crippen LogP contribution in [0.25, 0.3) is 0 Å². The maximum atomic E-state index is 13.0. The molecule has 0 aromatic carbocycles. The smallest absolute Gasteiger partial charge is 0.462 e. The van der Waals surface area contributed by atoms with E-state index in [4.69, 9.17) is 37.0 Å². The van der Waals surface area contributed by atoms with Crippen molar-refractivity contribution in [2.75, 3.05) is 39.6 Å². The molecule has 0 saturated heterocycles. The largest absolute Gasteiger partial charge is 0.472 e. The number of carbonyl (C=O) groups is 4. The highest BCUT2D eigenvalue weighted by molar-refractivity contribution is 7.47. The molecule has 0 spiro atoms. The Morgan fingerprint density at radius 2 is 0.574 bits per heavy atom. The second-order valence-corrected chi connectivity index (χ2v) is 27.0. The number of phosphoric ester groups is 2. The third-order valence-corrected chi connectivity index (χ3v) is 16.9. The van der Waals surface area contributed by atoms with E-state index in [0.29, 0.717) is 25.7 Å². The van der Waals surface area contributed by atoms with Gasteiger partial charge in [-0.25, -0.2) is 9.13 Å². The van der Waals surface area contributed by atoms with Crippen LogP contribution >= 0.6 is 15.6 Å². The zero-order valence-electron chi connectivity index (χ0n) is 58.9. The summed E-state index contributed by atoms with van der Waals surface area (Å²) in [5, 5.41) is 10.6. The zero-order valence-corrected chi connectivity index (χ0v) is 60.7. The van der Waals surface area contributed by atoms with E-state index in [1.54, 1.807) is 0 Å². The zero-order chi connectivity index (χ0) is 69.0. The van der Waals surface area contributed by atoms with Gasteiger partial charge < -0.3 is 33.8 Å². The van der Waals surface area contributed by atoms with Crippen molar-refractivity contribution in [3.63, 3.8) is 0 Å². The molecule has 94 heavy (non-hydrogen) atoms. The predicted octanol–water partition coefficient (Wildman–Crippen LogP) is 20.4. The number of esters is 4. The molecule has 0 saturated carbocycles. The monoisotopic (exact) mass is 1360 g/mol. The molecule has 0 radical (unpaired) electrons. The number of hydrogen-bond donors (Lipinski definition) is 3. The van der Waals surface area contributed by atoms with Crippen LogP contribution < -0.4 is 0 Å². The summed E-state index contributed by atoms with van der Waals surface area (Å²) >= 11 is 0. The molecule has 0 amide bonds. The van der Waals surface area contributed by atoms with Crippen LogP contribution in [0.1, 0.15) is 297 Å². The van der Waals surface area contributed by atoms with Crippen LogP contribution in [0.4, 0.5) is 0 Å². The molecule has 0 rings (SSSR count). The van der Waals surface area contributed by atoms with Crippen molar-refractivity contribution >= 4 is 39.5 Å². The lowest BCUT2D eigenvalue weighted by molar-refractivity contribution is -0.161. The van der Waals surface area contributed by atoms with Gasteiger partial charge in [-0.1, -0.05) is 228 Å². The summed E-state index contributed by atoms with van der Waals surface area (Å²) in [4.78, 5) is 72.6. The van der Waals surface area contributed by atoms with Gasteiger partial charge >= 0.3 is 39.5 Å². The number of unbranched alkanes of at least 4 members (excludes halogenated alkanes) is 26. The molecule has 0 aromatic heterocycles. The highest BCUT2D eigenvalue weighted by Gasteiger charge is 2.30. The molecule has 0 aliphatic carbocycles. The Morgan fingerprint density at radius 3 is 0.926 bits per heavy atom. The lowest BCUT2D eigenvalue weighted by atomic mass is 10.1. The summed E-state index contributed by atoms with van der Waals surface area (Å²) in [5.41, 5.74) is 0. The summed E-state index contributed by atoms with van der Waals surface area (Å²) in [7, 11) is -9.96. The Morgan fingerprint density at radius 1 is 0.309 bits per heavy atom. The van der Waals surface area contributed by atoms with Gasteiger partial charge in [0, 0.05) is 25.7 Å². The Balaban J connectivity index is 5.38. The molecule has 17 nitrogen and oxygen atoms in total. The summed E-state index contributed by atoms with van der Waals surface area (Å²) in [6.07, 6.45) is 68.4. The molecular formula is C75H130O17P2. The molecule has 19 heteroatoms. The van der Waals surface area contributed by atoms with Gasteiger partial charge in [-0.05, 0) is 141 Å². The standard InChI is InChI=1S/C75H130O17P2/c1-5-9-13-17-21-25-29-33-34-38-40-44-48-52-56-60-73(78)86-66-71(92-75(80)62-58-54-50-46-42-37-32-28-24-20-16-12-8-4)68-90-94(83,84)88-64-69(76)63-87-93(81,82)89-67-70(91-74(79)61-57-53-49-45-41-36-31-27-23-19-15-11-7-3)65-85-72(77)59-55-51-47-43-39-35-30-26-22-18-14-10-6-2/h9,13,16,20-21,25-28,30-34,40,44,69-71,76H,5-8,10-12,14-15,17-19,22-24,29,35-39,41-43,45-68H2,1-4H3,(H,81,82)(H,83,84)/b13-9-,20-16-,25-21-,30-26-,31-27-,32-28-,34-33-,44-40-. The Kier molecular flexibility index (Phi) is 64.7. The molecule has 0 aromatic rings. The lowest BCUT2D eigenvalue weighted by Crippen LogP contribution is -2.30. The topological polar surface area (TPSA) is 237 Å². The van der Waals surface area contributed by atoms with Gasteiger partial charge in [-0.2, -0.15) is 0 Å². The first-order valence-corrected chi connectivity index (χ1v) is 39.5. The van der Waals surface area contributed by atoms with Gasteiger partial charge in [-0.15, -0.1) is 0 Å². The van der Waals surface area contributed by atoms with Crippen molar-refractivity contribution in [1.29, 1.82) is 0 Å². The second-order valence-electron chi connectivity index (χ2n) is 24.1. The lowest BCUT2D eigenvalue weighted by Gasteiger charge is -2.21. The number of phosphoric acid groups is 2. The van der Waals surface area contributed by atoms with E-state index in [-0.39, 0.29) is 25.7 Å². The van der Waals surface area contributed by atoms with Crippen molar-refractivity contribution < 1.29 is 80.2 Å². The van der Waals surface area contributed by atoms with E-state index in [0.717, 1.165) is 167 Å². The summed E-state index contributed by atoms with van der Waals surface area (Å²) < 4.78 is 68.3. The molecular weight excluding hydrogens is 1230 g/mol. The number of carbonyl (C=O) groups excluding carboxylic acids is 4. The number of hydrogen-bond acceptors (Lipinski definition) is 15. The predicted molar refractivity (Wildman–Crippen MR) is 381 cm³/mol. The minimum Gasteiger partial charge on any atom is -0.462 e. The molecule has 0 bridgehead atoms. The van der Waals surface area contributed by atoms with E-state index in [2.05, 4.69) is 125 Å². The molecule has 0 fully saturated rings. The van der Waals surface area contributed by atoms with Crippen molar-refractivity contribution in [3.8, 4) is 0 Å². The van der Waals surface area contributed by atoms with Crippen molar-refractivity contribution in [2.24, 2.45) is 0 Å². The summed E-state index contributed by atoms with van der Waals surface area (Å²) in [5.74, 6) is -2.25. The Hall–Kier alpha value is -4.02. The fourth-order valence-electron chi connectivity index (χ4n) is 9.41. The van der Waals surface area contributed by atoms with Gasteiger partial charge in [0.05, 0.1) is 26.4 Å². The first kappa shape index (κ1) is 90.0. The molecule has 3 N–H and O–H groups in total. The average molecular weight is 1370 g/mol. The van der Waals surface area contributed by atoms with Crippen LogP contribution in [0.15, 0.2) is 97.2 Å². The van der Waals surface area contributed by atoms with E-state index < -0.39 is 97.5 Å². The number of rotatable bonds is 68. The van der Waals surface area contributed by atoms with Crippen LogP contribution in [0.2, 0.25) is 0 Å². The number of aliphatic hydroxyl groups is 1. The minimum absolute atomic E-state index is 0.0687. The first-order valence-electron chi connectivity index (χ1n) is 36.5. The minimum atomic E-state index is -4.98. The fraction of sp³-hybridized carbons (Fsp3) is 0.733. The number of aliphatic hydroxyl groups excluding tert-OH is 1. The molecule has 542 valence electrons. The fourth-order valence-corrected chi connectivity index (χ4v) is 11.0. The Bertz CT molecular complexity index is 2170. The van der Waals surface area contributed by atoms with E-state index in [1.165, 1.54) is 51.4 Å². The highest BCUT2D eigenvalue weighted by atomic mass is 31.2. The van der Waals surface area contributed by atoms with Crippen molar-refractivity contribution in [3.05, 3.63) is 97.2 Å². The molecule has 0 heterocycles. The maximum Gasteiger partial charge on any atom is 0.472 e. The number of allylic oxidation sites excluding steroid dienone is 16. The highest BCUT2D eigenvalue weighted by Crippen LogP contribution is 2.45. The summed E-state index contributed by atoms with van der Waals surface area (Å²) in [6, 6.07) is 0. The van der Waals surface area contributed by atoms with Gasteiger partial charge in [0.2, 0.25) is 0 Å². The quantitative estimate of drug-likeness (QED) is 0.0169. The molecule has 5 unspecified atom stereocenters. The second kappa shape index (κ2) is 67.5. The van der Waals surface area contributed by atoms with Crippen molar-refractivity contribution in [2.45, 2.75) is 316 Å². The maximum absolute atomic E-state index is 13.0. The third kappa shape index (κ3) is 66.6. The van der Waals surface area contributed by atoms with Crippen LogP contribution in [0.5, 0.6) is 0 Å². The number of ether oxygens (including phenoxy) is 4. The summed E-state index contributed by atoms with van der Waals surface area (Å²) in [6.45, 7) is 4.58. The van der Waals surface area contributed by atoms with Gasteiger partial charge in [-0.3, -0.25) is 37.3 Å². The molecule has 0 aliphatic heterocycles. The average Bonchev–Trinajstić information content (AvgIpc) is 1.67. The van der Waals surface area contributed by atoms with E-state index in [1.807, 2.05) is 0 Å². The van der Waals surface area contributed by atoms with Crippen LogP contribution in [-0.2, 0) is 65.4 Å². The van der Waals surface area contributed by atoms with E-state index in [9.17, 15) is 43.2 Å². The van der Waals surface area contributed by atoms with E-state index >= 15 is 0 Å². The van der Waals surface area contributed by atoms with Crippen LogP contribution in [0, 0.1) is 0 Å². The van der Waals surface area contributed by atoms with Gasteiger partial charge in [0.15, 0.2) is 12.2 Å². The van der Waals surface area contributed by atoms with Gasteiger partial charge in [0.1, 0.15) is 19.3 Å². The first-order chi connectivity index (χ1) is 45.7. The molecule has 0 aliphatic rings. The molecule has 5 atom stereocenters. The van der Waals surface area contributed by atoms with Crippen LogP contribution in [-0.4, -0.2) is 96.7 Å². The third-order valence-electron chi connectivity index (χ3n) is 15.0. The van der Waals surface area contributed by atoms with Crippen molar-refractivity contribution in [1.82, 2.24) is 0 Å². The van der Waals surface area contributed by atoms with Gasteiger partial charge in [0.25, 0.3) is 0 Å². The normalized spacial score (nSPS) is 14.6.